The lowest BCUT2D eigenvalue weighted by Gasteiger charge is -2.57. The average molecular weight is 265 g/mol. The van der Waals surface area contributed by atoms with Gasteiger partial charge < -0.3 is 0 Å². The average Bonchev–Trinajstić information content (AvgIpc) is 2.44. The van der Waals surface area contributed by atoms with E-state index in [0.29, 0.717) is 5.41 Å². The largest absolute Gasteiger partial charge is 0.198 e. The Balaban J connectivity index is 1.57. The summed E-state index contributed by atoms with van der Waals surface area (Å²) in [4.78, 5) is 0. The van der Waals surface area contributed by atoms with Gasteiger partial charge in [0.15, 0.2) is 0 Å². The molecule has 0 aliphatic heterocycles. The van der Waals surface area contributed by atoms with Gasteiger partial charge in [0.2, 0.25) is 0 Å². The molecule has 1 nitrogen and oxygen atoms in total. The summed E-state index contributed by atoms with van der Waals surface area (Å²) in [5.74, 6) is 3.05. The standard InChI is InChI=1S/C19H23N/c20-13-18(17-4-2-1-3-5-17)12-19-9-14-6-15(10-19)8-16(7-14)11-19/h1-5,14-16,18H,6-12H2. The van der Waals surface area contributed by atoms with E-state index in [2.05, 4.69) is 30.3 Å². The summed E-state index contributed by atoms with van der Waals surface area (Å²) in [5.41, 5.74) is 1.73. The minimum Gasteiger partial charge on any atom is -0.198 e. The second-order valence-corrected chi connectivity index (χ2v) is 7.71. The third-order valence-corrected chi connectivity index (χ3v) is 6.16. The molecule has 4 fully saturated rings. The van der Waals surface area contributed by atoms with Crippen molar-refractivity contribution in [1.82, 2.24) is 0 Å². The highest BCUT2D eigenvalue weighted by Gasteiger charge is 2.51. The van der Waals surface area contributed by atoms with Crippen LogP contribution in [-0.4, -0.2) is 0 Å². The molecule has 0 spiro atoms. The first kappa shape index (κ1) is 12.5. The molecule has 1 unspecified atom stereocenters. The van der Waals surface area contributed by atoms with E-state index in [-0.39, 0.29) is 5.92 Å². The third-order valence-electron chi connectivity index (χ3n) is 6.16. The van der Waals surface area contributed by atoms with Gasteiger partial charge in [-0.2, -0.15) is 5.26 Å². The molecular formula is C19H23N. The zero-order valence-corrected chi connectivity index (χ0v) is 12.1. The molecule has 4 bridgehead atoms. The Morgan fingerprint density at radius 2 is 1.55 bits per heavy atom. The van der Waals surface area contributed by atoms with Crippen LogP contribution in [0.4, 0.5) is 0 Å². The lowest BCUT2D eigenvalue weighted by Crippen LogP contribution is -2.46. The summed E-state index contributed by atoms with van der Waals surface area (Å²) in [7, 11) is 0. The quantitative estimate of drug-likeness (QED) is 0.762. The van der Waals surface area contributed by atoms with Crippen LogP contribution in [0.1, 0.15) is 56.4 Å². The Hall–Kier alpha value is -1.29. The molecule has 0 aromatic heterocycles. The zero-order chi connectivity index (χ0) is 13.6. The van der Waals surface area contributed by atoms with E-state index >= 15 is 0 Å². The Labute approximate surface area is 122 Å². The smallest absolute Gasteiger partial charge is 0.0718 e. The molecule has 0 N–H and O–H groups in total. The summed E-state index contributed by atoms with van der Waals surface area (Å²) < 4.78 is 0. The minimum atomic E-state index is 0.104. The molecule has 1 aromatic carbocycles. The van der Waals surface area contributed by atoms with Crippen LogP contribution in [0.25, 0.3) is 0 Å². The summed E-state index contributed by atoms with van der Waals surface area (Å²) >= 11 is 0. The predicted octanol–water partition coefficient (Wildman–Crippen LogP) is 4.90. The molecule has 5 rings (SSSR count). The van der Waals surface area contributed by atoms with E-state index < -0.39 is 0 Å². The Kier molecular flexibility index (Phi) is 2.88. The first-order valence-corrected chi connectivity index (χ1v) is 8.21. The highest BCUT2D eigenvalue weighted by Crippen LogP contribution is 2.62. The molecule has 20 heavy (non-hydrogen) atoms. The van der Waals surface area contributed by atoms with Gasteiger partial charge in [-0.05, 0) is 73.7 Å². The molecular weight excluding hydrogens is 242 g/mol. The summed E-state index contributed by atoms with van der Waals surface area (Å²) in [6.45, 7) is 0. The van der Waals surface area contributed by atoms with Gasteiger partial charge in [-0.25, -0.2) is 0 Å². The van der Waals surface area contributed by atoms with Crippen molar-refractivity contribution in [2.24, 2.45) is 23.2 Å². The normalized spacial score (nSPS) is 39.5. The topological polar surface area (TPSA) is 23.8 Å². The Morgan fingerprint density at radius 1 is 1.00 bits per heavy atom. The maximum Gasteiger partial charge on any atom is 0.0718 e. The summed E-state index contributed by atoms with van der Waals surface area (Å²) in [6, 6.07) is 13.0. The fraction of sp³-hybridized carbons (Fsp3) is 0.632. The van der Waals surface area contributed by atoms with Crippen LogP contribution in [0, 0.1) is 34.5 Å². The minimum absolute atomic E-state index is 0.104. The van der Waals surface area contributed by atoms with E-state index in [1.54, 1.807) is 0 Å². The SMILES string of the molecule is N#CC(CC12CC3CC(CC(C3)C1)C2)c1ccccc1. The Morgan fingerprint density at radius 3 is 2.05 bits per heavy atom. The van der Waals surface area contributed by atoms with Crippen molar-refractivity contribution in [2.45, 2.75) is 50.9 Å². The summed E-state index contributed by atoms with van der Waals surface area (Å²) in [5, 5.41) is 9.63. The van der Waals surface area contributed by atoms with Crippen LogP contribution in [0.2, 0.25) is 0 Å². The van der Waals surface area contributed by atoms with Gasteiger partial charge in [-0.3, -0.25) is 0 Å². The van der Waals surface area contributed by atoms with Crippen molar-refractivity contribution in [2.75, 3.05) is 0 Å². The van der Waals surface area contributed by atoms with E-state index in [0.717, 1.165) is 24.2 Å². The molecule has 1 heteroatoms. The number of nitriles is 1. The molecule has 0 amide bonds. The van der Waals surface area contributed by atoms with Crippen molar-refractivity contribution in [3.63, 3.8) is 0 Å². The van der Waals surface area contributed by atoms with Gasteiger partial charge in [-0.1, -0.05) is 30.3 Å². The molecule has 4 aliphatic rings. The van der Waals surface area contributed by atoms with Crippen LogP contribution in [-0.2, 0) is 0 Å². The number of benzene rings is 1. The number of hydrogen-bond donors (Lipinski definition) is 0. The van der Waals surface area contributed by atoms with Crippen molar-refractivity contribution in [3.8, 4) is 6.07 Å². The van der Waals surface area contributed by atoms with Gasteiger partial charge >= 0.3 is 0 Å². The van der Waals surface area contributed by atoms with Crippen LogP contribution in [0.5, 0.6) is 0 Å². The summed E-state index contributed by atoms with van der Waals surface area (Å²) in [6.07, 6.45) is 9.79. The lowest BCUT2D eigenvalue weighted by molar-refractivity contribution is -0.0586. The molecule has 4 aliphatic carbocycles. The van der Waals surface area contributed by atoms with Crippen LogP contribution in [0.15, 0.2) is 30.3 Å². The van der Waals surface area contributed by atoms with Crippen LogP contribution >= 0.6 is 0 Å². The zero-order valence-electron chi connectivity index (χ0n) is 12.1. The van der Waals surface area contributed by atoms with Crippen LogP contribution in [0.3, 0.4) is 0 Å². The first-order chi connectivity index (χ1) is 9.76. The van der Waals surface area contributed by atoms with Gasteiger partial charge in [0.25, 0.3) is 0 Å². The fourth-order valence-electron chi connectivity index (χ4n) is 5.90. The first-order valence-electron chi connectivity index (χ1n) is 8.21. The number of rotatable bonds is 3. The van der Waals surface area contributed by atoms with E-state index in [4.69, 9.17) is 0 Å². The highest BCUT2D eigenvalue weighted by molar-refractivity contribution is 5.25. The van der Waals surface area contributed by atoms with E-state index in [1.165, 1.54) is 44.1 Å². The van der Waals surface area contributed by atoms with E-state index in [9.17, 15) is 5.26 Å². The maximum atomic E-state index is 9.63. The lowest BCUT2D eigenvalue weighted by atomic mass is 9.48. The predicted molar refractivity (Wildman–Crippen MR) is 80.0 cm³/mol. The van der Waals surface area contributed by atoms with Crippen molar-refractivity contribution >= 4 is 0 Å². The monoisotopic (exact) mass is 265 g/mol. The molecule has 0 saturated heterocycles. The molecule has 0 radical (unpaired) electrons. The molecule has 104 valence electrons. The van der Waals surface area contributed by atoms with Gasteiger partial charge in [0.1, 0.15) is 0 Å². The molecule has 1 atom stereocenters. The molecule has 0 heterocycles. The van der Waals surface area contributed by atoms with Gasteiger partial charge in [-0.15, -0.1) is 0 Å². The Bertz CT molecular complexity index is 489. The number of hydrogen-bond acceptors (Lipinski definition) is 1. The van der Waals surface area contributed by atoms with Crippen molar-refractivity contribution in [3.05, 3.63) is 35.9 Å². The fourth-order valence-corrected chi connectivity index (χ4v) is 5.90. The molecule has 1 aromatic rings. The van der Waals surface area contributed by atoms with E-state index in [1.807, 2.05) is 6.07 Å². The maximum absolute atomic E-state index is 9.63. The van der Waals surface area contributed by atoms with Gasteiger partial charge in [0.05, 0.1) is 12.0 Å². The molecule has 4 saturated carbocycles. The number of nitrogens with zero attached hydrogens (tertiary/aromatic N) is 1. The highest BCUT2D eigenvalue weighted by atomic mass is 14.6. The van der Waals surface area contributed by atoms with Gasteiger partial charge in [0, 0.05) is 0 Å². The third kappa shape index (κ3) is 2.06. The second-order valence-electron chi connectivity index (χ2n) is 7.71. The van der Waals surface area contributed by atoms with Crippen molar-refractivity contribution < 1.29 is 0 Å². The van der Waals surface area contributed by atoms with Crippen molar-refractivity contribution in [1.29, 1.82) is 5.26 Å². The second kappa shape index (κ2) is 4.62. The van der Waals surface area contributed by atoms with Crippen LogP contribution < -0.4 is 0 Å².